The van der Waals surface area contributed by atoms with Gasteiger partial charge in [-0.05, 0) is 55.4 Å². The third kappa shape index (κ3) is 4.27. The molecule has 2 aromatic heterocycles. The highest BCUT2D eigenvalue weighted by Gasteiger charge is 2.17. The van der Waals surface area contributed by atoms with Crippen LogP contribution in [-0.2, 0) is 30.5 Å². The zero-order valence-electron chi connectivity index (χ0n) is 15.4. The van der Waals surface area contributed by atoms with Crippen molar-refractivity contribution in [3.63, 3.8) is 0 Å². The number of H-pyrrole nitrogens is 1. The Morgan fingerprint density at radius 2 is 2.00 bits per heavy atom. The van der Waals surface area contributed by atoms with Gasteiger partial charge in [-0.15, -0.1) is 0 Å². The van der Waals surface area contributed by atoms with Crippen molar-refractivity contribution in [3.8, 4) is 5.69 Å². The molecule has 0 saturated heterocycles. The summed E-state index contributed by atoms with van der Waals surface area (Å²) in [7, 11) is 0. The van der Waals surface area contributed by atoms with Gasteiger partial charge in [-0.25, -0.2) is 4.68 Å². The number of nitrogens with one attached hydrogen (secondary N) is 2. The van der Waals surface area contributed by atoms with Crippen LogP contribution in [0, 0.1) is 0 Å². The first kappa shape index (κ1) is 17.5. The van der Waals surface area contributed by atoms with Gasteiger partial charge < -0.3 is 5.32 Å². The maximum absolute atomic E-state index is 12.2. The number of carbonyl (C=O) groups excluding carboxylic acids is 1. The highest BCUT2D eigenvalue weighted by atomic mass is 16.1. The van der Waals surface area contributed by atoms with Crippen molar-refractivity contribution < 1.29 is 4.79 Å². The lowest BCUT2D eigenvalue weighted by Crippen LogP contribution is -2.26. The Balaban J connectivity index is 1.22. The zero-order chi connectivity index (χ0) is 18.5. The number of aryl methyl sites for hydroxylation is 2. The van der Waals surface area contributed by atoms with Crippen LogP contribution in [0.1, 0.15) is 41.8 Å². The number of hydrogen-bond donors (Lipinski definition) is 2. The second-order valence-electron chi connectivity index (χ2n) is 7.06. The first-order valence-electron chi connectivity index (χ1n) is 9.70. The van der Waals surface area contributed by atoms with Crippen LogP contribution < -0.4 is 5.32 Å². The maximum Gasteiger partial charge on any atom is 0.220 e. The second kappa shape index (κ2) is 8.20. The smallest absolute Gasteiger partial charge is 0.220 e. The molecule has 27 heavy (non-hydrogen) atoms. The van der Waals surface area contributed by atoms with E-state index >= 15 is 0 Å². The minimum absolute atomic E-state index is 0.0815. The molecule has 2 heterocycles. The summed E-state index contributed by atoms with van der Waals surface area (Å²) in [5.74, 6) is 0.0815. The molecule has 140 valence electrons. The number of rotatable bonds is 7. The molecule has 0 fully saturated rings. The second-order valence-corrected chi connectivity index (χ2v) is 7.06. The molecule has 0 spiro atoms. The molecule has 1 aliphatic rings. The SMILES string of the molecule is O=C(CCc1n[nH]c2c1CCCC2)NCCc1cnn(-c2ccccc2)c1. The normalized spacial score (nSPS) is 13.3. The Hall–Kier alpha value is -2.89. The summed E-state index contributed by atoms with van der Waals surface area (Å²) in [6.07, 6.45) is 10.5. The maximum atomic E-state index is 12.2. The van der Waals surface area contributed by atoms with Crippen LogP contribution in [0.25, 0.3) is 5.69 Å². The summed E-state index contributed by atoms with van der Waals surface area (Å²) >= 11 is 0. The predicted molar refractivity (Wildman–Crippen MR) is 104 cm³/mol. The summed E-state index contributed by atoms with van der Waals surface area (Å²) in [4.78, 5) is 12.2. The molecule has 1 aliphatic carbocycles. The number of para-hydroxylation sites is 1. The third-order valence-electron chi connectivity index (χ3n) is 5.12. The molecule has 3 aromatic rings. The van der Waals surface area contributed by atoms with Crippen LogP contribution in [0.4, 0.5) is 0 Å². The van der Waals surface area contributed by atoms with E-state index < -0.39 is 0 Å². The fourth-order valence-corrected chi connectivity index (χ4v) is 3.63. The number of aromatic nitrogens is 4. The standard InChI is InChI=1S/C21H25N5O/c27-21(11-10-20-18-8-4-5-9-19(18)24-25-20)22-13-12-16-14-23-26(15-16)17-6-2-1-3-7-17/h1-3,6-7,14-15H,4-5,8-13H2,(H,22,27)(H,24,25). The lowest BCUT2D eigenvalue weighted by atomic mass is 9.94. The van der Waals surface area contributed by atoms with E-state index in [2.05, 4.69) is 20.6 Å². The molecule has 0 saturated carbocycles. The highest BCUT2D eigenvalue weighted by molar-refractivity contribution is 5.76. The molecule has 0 bridgehead atoms. The topological polar surface area (TPSA) is 75.6 Å². The van der Waals surface area contributed by atoms with Gasteiger partial charge in [0.15, 0.2) is 0 Å². The van der Waals surface area contributed by atoms with E-state index in [1.54, 1.807) is 0 Å². The molecule has 6 nitrogen and oxygen atoms in total. The molecule has 1 aromatic carbocycles. The minimum Gasteiger partial charge on any atom is -0.356 e. The van der Waals surface area contributed by atoms with Crippen LogP contribution >= 0.6 is 0 Å². The van der Waals surface area contributed by atoms with Crippen LogP contribution in [0.5, 0.6) is 0 Å². The largest absolute Gasteiger partial charge is 0.356 e. The fraction of sp³-hybridized carbons (Fsp3) is 0.381. The molecular weight excluding hydrogens is 338 g/mol. The van der Waals surface area contributed by atoms with E-state index in [4.69, 9.17) is 0 Å². The van der Waals surface area contributed by atoms with E-state index in [0.29, 0.717) is 19.4 Å². The first-order valence-corrected chi connectivity index (χ1v) is 9.70. The molecule has 0 unspecified atom stereocenters. The zero-order valence-corrected chi connectivity index (χ0v) is 15.4. The number of amides is 1. The molecule has 0 atom stereocenters. The van der Waals surface area contributed by atoms with Crippen molar-refractivity contribution in [2.45, 2.75) is 44.9 Å². The summed E-state index contributed by atoms with van der Waals surface area (Å²) < 4.78 is 1.86. The molecule has 2 N–H and O–H groups in total. The number of carbonyl (C=O) groups is 1. The Morgan fingerprint density at radius 3 is 2.89 bits per heavy atom. The molecule has 4 rings (SSSR count). The van der Waals surface area contributed by atoms with Crippen molar-refractivity contribution >= 4 is 5.91 Å². The van der Waals surface area contributed by atoms with E-state index in [1.165, 1.54) is 24.1 Å². The summed E-state index contributed by atoms with van der Waals surface area (Å²) in [6, 6.07) is 10.0. The molecular formula is C21H25N5O. The van der Waals surface area contributed by atoms with Gasteiger partial charge in [-0.1, -0.05) is 18.2 Å². The van der Waals surface area contributed by atoms with E-state index in [0.717, 1.165) is 36.2 Å². The first-order chi connectivity index (χ1) is 13.3. The van der Waals surface area contributed by atoms with E-state index in [1.807, 2.05) is 47.4 Å². The van der Waals surface area contributed by atoms with Gasteiger partial charge in [0.25, 0.3) is 0 Å². The van der Waals surface area contributed by atoms with Crippen molar-refractivity contribution in [2.75, 3.05) is 6.54 Å². The lowest BCUT2D eigenvalue weighted by Gasteiger charge is -2.11. The van der Waals surface area contributed by atoms with Crippen molar-refractivity contribution in [1.29, 1.82) is 0 Å². The van der Waals surface area contributed by atoms with Gasteiger partial charge in [0.2, 0.25) is 5.91 Å². The Labute approximate surface area is 159 Å². The monoisotopic (exact) mass is 363 g/mol. The summed E-state index contributed by atoms with van der Waals surface area (Å²) in [5.41, 5.74) is 5.84. The third-order valence-corrected chi connectivity index (χ3v) is 5.12. The van der Waals surface area contributed by atoms with E-state index in [9.17, 15) is 4.79 Å². The van der Waals surface area contributed by atoms with Gasteiger partial charge in [-0.3, -0.25) is 9.89 Å². The van der Waals surface area contributed by atoms with Gasteiger partial charge in [0.1, 0.15) is 0 Å². The average Bonchev–Trinajstić information content (AvgIpc) is 3.34. The Bertz CT molecular complexity index is 896. The molecule has 0 aliphatic heterocycles. The van der Waals surface area contributed by atoms with Crippen molar-refractivity contribution in [3.05, 3.63) is 65.2 Å². The molecule has 0 radical (unpaired) electrons. The predicted octanol–water partition coefficient (Wildman–Crippen LogP) is 2.77. The average molecular weight is 363 g/mol. The molecule has 1 amide bonds. The van der Waals surface area contributed by atoms with Crippen molar-refractivity contribution in [2.24, 2.45) is 0 Å². The van der Waals surface area contributed by atoms with Gasteiger partial charge in [0.05, 0.1) is 17.6 Å². The fourth-order valence-electron chi connectivity index (χ4n) is 3.63. The van der Waals surface area contributed by atoms with Gasteiger partial charge >= 0.3 is 0 Å². The number of aromatic amines is 1. The van der Waals surface area contributed by atoms with Gasteiger partial charge in [0, 0.05) is 31.3 Å². The highest BCUT2D eigenvalue weighted by Crippen LogP contribution is 2.22. The minimum atomic E-state index is 0.0815. The van der Waals surface area contributed by atoms with Crippen LogP contribution in [0.15, 0.2) is 42.7 Å². The number of hydrogen-bond acceptors (Lipinski definition) is 3. The Kier molecular flexibility index (Phi) is 5.32. The van der Waals surface area contributed by atoms with Crippen molar-refractivity contribution in [1.82, 2.24) is 25.3 Å². The Morgan fingerprint density at radius 1 is 1.15 bits per heavy atom. The van der Waals surface area contributed by atoms with Crippen LogP contribution in [0.3, 0.4) is 0 Å². The van der Waals surface area contributed by atoms with E-state index in [-0.39, 0.29) is 5.91 Å². The van der Waals surface area contributed by atoms with Crippen LogP contribution in [0.2, 0.25) is 0 Å². The number of fused-ring (bicyclic) bond motifs is 1. The quantitative estimate of drug-likeness (QED) is 0.678. The summed E-state index contributed by atoms with van der Waals surface area (Å²) in [5, 5.41) is 14.9. The van der Waals surface area contributed by atoms with Gasteiger partial charge in [-0.2, -0.15) is 10.2 Å². The number of benzene rings is 1. The summed E-state index contributed by atoms with van der Waals surface area (Å²) in [6.45, 7) is 0.623. The number of nitrogens with zero attached hydrogens (tertiary/aromatic N) is 3. The lowest BCUT2D eigenvalue weighted by molar-refractivity contribution is -0.121. The van der Waals surface area contributed by atoms with Crippen LogP contribution in [-0.4, -0.2) is 32.4 Å². The molecule has 6 heteroatoms.